The standard InChI is InChI=1S/C15H21FN2O2/c1-2-15(14(19)20,12-6-3-4-7-13(12)16)18-10-5-8-17-9-11-18/h3-4,6-7,17H,2,5,8-11H2,1H3,(H,19,20). The number of rotatable bonds is 4. The predicted molar refractivity (Wildman–Crippen MR) is 75.1 cm³/mol. The van der Waals surface area contributed by atoms with Crippen molar-refractivity contribution in [1.82, 2.24) is 10.2 Å². The maximum absolute atomic E-state index is 14.2. The van der Waals surface area contributed by atoms with Gasteiger partial charge >= 0.3 is 5.97 Å². The van der Waals surface area contributed by atoms with E-state index in [0.29, 0.717) is 19.5 Å². The fraction of sp³-hybridized carbons (Fsp3) is 0.533. The summed E-state index contributed by atoms with van der Waals surface area (Å²) in [5.41, 5.74) is -1.02. The molecule has 1 heterocycles. The molecule has 0 radical (unpaired) electrons. The Bertz CT molecular complexity index is 473. The summed E-state index contributed by atoms with van der Waals surface area (Å²) < 4.78 is 14.2. The summed E-state index contributed by atoms with van der Waals surface area (Å²) in [6, 6.07) is 6.21. The van der Waals surface area contributed by atoms with Crippen LogP contribution in [-0.2, 0) is 10.3 Å². The summed E-state index contributed by atoms with van der Waals surface area (Å²) >= 11 is 0. The molecule has 5 heteroatoms. The molecule has 0 aliphatic carbocycles. The van der Waals surface area contributed by atoms with Crippen LogP contribution in [0, 0.1) is 5.82 Å². The molecule has 4 nitrogen and oxygen atoms in total. The van der Waals surface area contributed by atoms with Crippen LogP contribution in [0.4, 0.5) is 4.39 Å². The highest BCUT2D eigenvalue weighted by atomic mass is 19.1. The Labute approximate surface area is 118 Å². The summed E-state index contributed by atoms with van der Waals surface area (Å²) in [5, 5.41) is 13.1. The highest BCUT2D eigenvalue weighted by molar-refractivity contribution is 5.81. The number of hydrogen-bond donors (Lipinski definition) is 2. The first-order valence-corrected chi connectivity index (χ1v) is 7.07. The summed E-state index contributed by atoms with van der Waals surface area (Å²) in [4.78, 5) is 13.9. The molecule has 1 aliphatic rings. The first-order valence-electron chi connectivity index (χ1n) is 7.07. The molecule has 110 valence electrons. The third-order valence-electron chi connectivity index (χ3n) is 4.06. The Morgan fingerprint density at radius 3 is 2.80 bits per heavy atom. The van der Waals surface area contributed by atoms with Crippen molar-refractivity contribution < 1.29 is 14.3 Å². The molecule has 0 aromatic heterocycles. The second-order valence-electron chi connectivity index (χ2n) is 5.09. The van der Waals surface area contributed by atoms with Crippen LogP contribution in [0.15, 0.2) is 24.3 Å². The van der Waals surface area contributed by atoms with Crippen LogP contribution in [0.25, 0.3) is 0 Å². The van der Waals surface area contributed by atoms with Crippen molar-refractivity contribution in [1.29, 1.82) is 0 Å². The summed E-state index contributed by atoms with van der Waals surface area (Å²) in [6.45, 7) is 4.66. The molecule has 20 heavy (non-hydrogen) atoms. The lowest BCUT2D eigenvalue weighted by Gasteiger charge is -2.40. The number of carboxylic acid groups (broad SMARTS) is 1. The van der Waals surface area contributed by atoms with Gasteiger partial charge in [-0.25, -0.2) is 9.18 Å². The molecular formula is C15H21FN2O2. The van der Waals surface area contributed by atoms with Crippen molar-refractivity contribution in [2.45, 2.75) is 25.3 Å². The molecule has 1 atom stereocenters. The number of carboxylic acids is 1. The fourth-order valence-corrected chi connectivity index (χ4v) is 3.01. The maximum Gasteiger partial charge on any atom is 0.328 e. The minimum atomic E-state index is -1.28. The molecule has 1 aromatic rings. The van der Waals surface area contributed by atoms with Crippen molar-refractivity contribution in [3.63, 3.8) is 0 Å². The number of benzene rings is 1. The van der Waals surface area contributed by atoms with Gasteiger partial charge in [-0.2, -0.15) is 0 Å². The SMILES string of the molecule is CCC(C(=O)O)(c1ccccc1F)N1CCCNCC1. The van der Waals surface area contributed by atoms with Crippen molar-refractivity contribution in [2.75, 3.05) is 26.2 Å². The van der Waals surface area contributed by atoms with Gasteiger partial charge in [0.15, 0.2) is 0 Å². The van der Waals surface area contributed by atoms with E-state index < -0.39 is 17.3 Å². The Balaban J connectivity index is 2.49. The Kier molecular flexibility index (Phi) is 4.73. The van der Waals surface area contributed by atoms with Gasteiger partial charge in [0.25, 0.3) is 0 Å². The molecule has 0 saturated carbocycles. The van der Waals surface area contributed by atoms with Crippen LogP contribution >= 0.6 is 0 Å². The van der Waals surface area contributed by atoms with E-state index in [2.05, 4.69) is 5.32 Å². The third kappa shape index (κ3) is 2.55. The topological polar surface area (TPSA) is 52.6 Å². The highest BCUT2D eigenvalue weighted by Crippen LogP contribution is 2.34. The van der Waals surface area contributed by atoms with E-state index in [1.165, 1.54) is 6.07 Å². The van der Waals surface area contributed by atoms with E-state index >= 15 is 0 Å². The number of carbonyl (C=O) groups is 1. The van der Waals surface area contributed by atoms with Crippen LogP contribution < -0.4 is 5.32 Å². The van der Waals surface area contributed by atoms with Crippen molar-refractivity contribution in [2.24, 2.45) is 0 Å². The quantitative estimate of drug-likeness (QED) is 0.883. The zero-order valence-corrected chi connectivity index (χ0v) is 11.7. The smallest absolute Gasteiger partial charge is 0.328 e. The van der Waals surface area contributed by atoms with E-state index in [-0.39, 0.29) is 5.56 Å². The molecule has 1 aromatic carbocycles. The van der Waals surface area contributed by atoms with Crippen LogP contribution in [-0.4, -0.2) is 42.2 Å². The monoisotopic (exact) mass is 280 g/mol. The van der Waals surface area contributed by atoms with Crippen LogP contribution in [0.1, 0.15) is 25.3 Å². The van der Waals surface area contributed by atoms with Crippen LogP contribution in [0.3, 0.4) is 0 Å². The average molecular weight is 280 g/mol. The molecule has 2 N–H and O–H groups in total. The Morgan fingerprint density at radius 2 is 2.15 bits per heavy atom. The lowest BCUT2D eigenvalue weighted by molar-refractivity contribution is -0.153. The van der Waals surface area contributed by atoms with Gasteiger partial charge in [0.2, 0.25) is 0 Å². The zero-order chi connectivity index (χ0) is 14.6. The third-order valence-corrected chi connectivity index (χ3v) is 4.06. The summed E-state index contributed by atoms with van der Waals surface area (Å²) in [7, 11) is 0. The minimum absolute atomic E-state index is 0.261. The van der Waals surface area contributed by atoms with Gasteiger partial charge in [0, 0.05) is 25.2 Å². The zero-order valence-electron chi connectivity index (χ0n) is 11.7. The Morgan fingerprint density at radius 1 is 1.40 bits per heavy atom. The molecular weight excluding hydrogens is 259 g/mol. The van der Waals surface area contributed by atoms with Gasteiger partial charge in [-0.1, -0.05) is 25.1 Å². The minimum Gasteiger partial charge on any atom is -0.480 e. The number of aliphatic carboxylic acids is 1. The van der Waals surface area contributed by atoms with Crippen LogP contribution in [0.5, 0.6) is 0 Å². The van der Waals surface area contributed by atoms with E-state index in [9.17, 15) is 14.3 Å². The van der Waals surface area contributed by atoms with Gasteiger partial charge in [-0.05, 0) is 25.5 Å². The van der Waals surface area contributed by atoms with E-state index in [4.69, 9.17) is 0 Å². The molecule has 2 rings (SSSR count). The van der Waals surface area contributed by atoms with Crippen molar-refractivity contribution in [3.8, 4) is 0 Å². The largest absolute Gasteiger partial charge is 0.480 e. The molecule has 0 spiro atoms. The first kappa shape index (κ1) is 14.9. The second kappa shape index (κ2) is 6.33. The van der Waals surface area contributed by atoms with Gasteiger partial charge in [0.05, 0.1) is 0 Å². The van der Waals surface area contributed by atoms with E-state index in [1.54, 1.807) is 25.1 Å². The van der Waals surface area contributed by atoms with Gasteiger partial charge < -0.3 is 10.4 Å². The highest BCUT2D eigenvalue weighted by Gasteiger charge is 2.45. The first-order chi connectivity index (χ1) is 9.63. The Hall–Kier alpha value is -1.46. The van der Waals surface area contributed by atoms with Gasteiger partial charge in [0.1, 0.15) is 11.4 Å². The van der Waals surface area contributed by atoms with Crippen molar-refractivity contribution in [3.05, 3.63) is 35.6 Å². The van der Waals surface area contributed by atoms with Crippen molar-refractivity contribution >= 4 is 5.97 Å². The average Bonchev–Trinajstić information content (AvgIpc) is 2.71. The molecule has 0 amide bonds. The van der Waals surface area contributed by atoms with Gasteiger partial charge in [-0.3, -0.25) is 4.90 Å². The fourth-order valence-electron chi connectivity index (χ4n) is 3.01. The normalized spacial score (nSPS) is 20.1. The maximum atomic E-state index is 14.2. The van der Waals surface area contributed by atoms with Gasteiger partial charge in [-0.15, -0.1) is 0 Å². The lowest BCUT2D eigenvalue weighted by atomic mass is 9.84. The molecule has 1 unspecified atom stereocenters. The van der Waals surface area contributed by atoms with Crippen LogP contribution in [0.2, 0.25) is 0 Å². The second-order valence-corrected chi connectivity index (χ2v) is 5.09. The molecule has 0 bridgehead atoms. The molecule has 1 fully saturated rings. The van der Waals surface area contributed by atoms with E-state index in [0.717, 1.165) is 19.5 Å². The lowest BCUT2D eigenvalue weighted by Crippen LogP contribution is -2.53. The number of hydrogen-bond acceptors (Lipinski definition) is 3. The molecule has 1 saturated heterocycles. The number of nitrogens with one attached hydrogen (secondary N) is 1. The summed E-state index contributed by atoms with van der Waals surface area (Å²) in [6.07, 6.45) is 1.20. The number of halogens is 1. The predicted octanol–water partition coefficient (Wildman–Crippen LogP) is 1.81. The summed E-state index contributed by atoms with van der Waals surface area (Å²) in [5.74, 6) is -1.43. The molecule has 1 aliphatic heterocycles. The number of nitrogens with zero attached hydrogens (tertiary/aromatic N) is 1. The van der Waals surface area contributed by atoms with E-state index in [1.807, 2.05) is 4.90 Å².